The van der Waals surface area contributed by atoms with Gasteiger partial charge >= 0.3 is 12.0 Å². The van der Waals surface area contributed by atoms with Crippen molar-refractivity contribution in [1.82, 2.24) is 10.5 Å². The summed E-state index contributed by atoms with van der Waals surface area (Å²) < 4.78 is 9.94. The third kappa shape index (κ3) is 2.91. The lowest BCUT2D eigenvalue weighted by Crippen LogP contribution is -2.48. The van der Waals surface area contributed by atoms with Gasteiger partial charge < -0.3 is 14.6 Å². The number of urea groups is 1. The van der Waals surface area contributed by atoms with Gasteiger partial charge in [-0.1, -0.05) is 17.3 Å². The Morgan fingerprint density at radius 2 is 2.15 bits per heavy atom. The quantitative estimate of drug-likeness (QED) is 0.851. The molecule has 2 amide bonds. The zero-order chi connectivity index (χ0) is 18.8. The molecule has 0 fully saturated rings. The van der Waals surface area contributed by atoms with E-state index in [0.29, 0.717) is 22.6 Å². The Morgan fingerprint density at radius 3 is 2.77 bits per heavy atom. The number of hydrogen-bond acceptors (Lipinski definition) is 6. The first-order valence-corrected chi connectivity index (χ1v) is 7.79. The van der Waals surface area contributed by atoms with E-state index in [2.05, 4.69) is 10.5 Å². The van der Waals surface area contributed by atoms with E-state index in [1.807, 2.05) is 6.07 Å². The van der Waals surface area contributed by atoms with Crippen LogP contribution in [0, 0.1) is 18.3 Å². The maximum Gasteiger partial charge on any atom is 0.337 e. The van der Waals surface area contributed by atoms with E-state index in [9.17, 15) is 9.59 Å². The third-order valence-electron chi connectivity index (χ3n) is 4.08. The summed E-state index contributed by atoms with van der Waals surface area (Å²) in [5, 5.41) is 15.7. The molecule has 0 saturated carbocycles. The van der Waals surface area contributed by atoms with Gasteiger partial charge in [-0.2, -0.15) is 5.26 Å². The average molecular weight is 352 g/mol. The van der Waals surface area contributed by atoms with Crippen LogP contribution >= 0.6 is 0 Å². The highest BCUT2D eigenvalue weighted by Crippen LogP contribution is 2.34. The van der Waals surface area contributed by atoms with Crippen LogP contribution in [0.3, 0.4) is 0 Å². The molecule has 8 heteroatoms. The number of nitriles is 1. The number of carbonyl (C=O) groups is 2. The number of aryl methyl sites for hydroxylation is 1. The number of amides is 2. The molecule has 1 aromatic carbocycles. The summed E-state index contributed by atoms with van der Waals surface area (Å²) in [4.78, 5) is 26.4. The molecule has 0 saturated heterocycles. The number of nitrogens with one attached hydrogen (secondary N) is 1. The van der Waals surface area contributed by atoms with Gasteiger partial charge in [-0.25, -0.2) is 14.5 Å². The summed E-state index contributed by atoms with van der Waals surface area (Å²) in [5.74, 6) is 0.215. The van der Waals surface area contributed by atoms with Crippen LogP contribution in [-0.2, 0) is 9.53 Å². The Kier molecular flexibility index (Phi) is 4.45. The number of carbonyl (C=O) groups excluding carboxylic acids is 2. The lowest BCUT2D eigenvalue weighted by molar-refractivity contribution is -0.136. The number of hydrogen-bond donors (Lipinski definition) is 1. The standard InChI is InChI=1S/C18H16N4O4/c1-10-7-14(21-26-10)22-11(2)15(17(23)25-3)16(20-18(22)24)13-6-4-5-12(8-13)9-19/h4-8,16H,1-3H3,(H,20,24). The van der Waals surface area contributed by atoms with Crippen molar-refractivity contribution in [2.45, 2.75) is 19.9 Å². The lowest BCUT2D eigenvalue weighted by Gasteiger charge is -2.33. The molecule has 0 aliphatic carbocycles. The first-order chi connectivity index (χ1) is 12.5. The minimum atomic E-state index is -0.743. The number of ether oxygens (including phenoxy) is 1. The van der Waals surface area contributed by atoms with Crippen molar-refractivity contribution < 1.29 is 18.8 Å². The van der Waals surface area contributed by atoms with Crippen molar-refractivity contribution >= 4 is 17.8 Å². The van der Waals surface area contributed by atoms with Crippen molar-refractivity contribution in [2.24, 2.45) is 0 Å². The van der Waals surface area contributed by atoms with Gasteiger partial charge in [0.25, 0.3) is 0 Å². The second-order valence-corrected chi connectivity index (χ2v) is 5.74. The van der Waals surface area contributed by atoms with Gasteiger partial charge in [0.15, 0.2) is 5.82 Å². The predicted molar refractivity (Wildman–Crippen MR) is 90.9 cm³/mol. The molecule has 8 nitrogen and oxygen atoms in total. The SMILES string of the molecule is COC(=O)C1=C(C)N(c2cc(C)on2)C(=O)NC1c1cccc(C#N)c1. The fraction of sp³-hybridized carbons (Fsp3) is 0.222. The molecule has 0 radical (unpaired) electrons. The van der Waals surface area contributed by atoms with Crippen LogP contribution in [0.1, 0.15) is 29.9 Å². The van der Waals surface area contributed by atoms with Crippen molar-refractivity contribution in [3.8, 4) is 6.07 Å². The average Bonchev–Trinajstić information content (AvgIpc) is 3.06. The number of rotatable bonds is 3. The molecule has 132 valence electrons. The van der Waals surface area contributed by atoms with Gasteiger partial charge in [-0.3, -0.25) is 0 Å². The number of benzene rings is 1. The predicted octanol–water partition coefficient (Wildman–Crippen LogP) is 2.57. The number of esters is 1. The fourth-order valence-corrected chi connectivity index (χ4v) is 2.89. The molecular formula is C18H16N4O4. The van der Waals surface area contributed by atoms with E-state index < -0.39 is 18.0 Å². The molecule has 1 unspecified atom stereocenters. The Hall–Kier alpha value is -3.60. The third-order valence-corrected chi connectivity index (χ3v) is 4.08. The van der Waals surface area contributed by atoms with E-state index in [4.69, 9.17) is 14.5 Å². The number of nitrogens with zero attached hydrogens (tertiary/aromatic N) is 3. The van der Waals surface area contributed by atoms with Crippen LogP contribution in [0.5, 0.6) is 0 Å². The van der Waals surface area contributed by atoms with Crippen LogP contribution < -0.4 is 10.2 Å². The molecular weight excluding hydrogens is 336 g/mol. The van der Waals surface area contributed by atoms with Gasteiger partial charge in [0, 0.05) is 11.8 Å². The maximum atomic E-state index is 12.7. The molecule has 2 aromatic rings. The van der Waals surface area contributed by atoms with E-state index in [-0.39, 0.29) is 11.4 Å². The summed E-state index contributed by atoms with van der Waals surface area (Å²) >= 11 is 0. The van der Waals surface area contributed by atoms with E-state index >= 15 is 0 Å². The van der Waals surface area contributed by atoms with Crippen LogP contribution in [0.2, 0.25) is 0 Å². The Morgan fingerprint density at radius 1 is 1.38 bits per heavy atom. The molecule has 2 heterocycles. The Bertz CT molecular complexity index is 954. The number of methoxy groups -OCH3 is 1. The summed E-state index contributed by atoms with van der Waals surface area (Å²) in [6, 6.07) is 9.13. The number of aromatic nitrogens is 1. The molecule has 1 aliphatic rings. The first-order valence-electron chi connectivity index (χ1n) is 7.79. The van der Waals surface area contributed by atoms with Gasteiger partial charge in [-0.15, -0.1) is 0 Å². The number of anilines is 1. The van der Waals surface area contributed by atoms with Crippen molar-refractivity contribution in [2.75, 3.05) is 12.0 Å². The zero-order valence-electron chi connectivity index (χ0n) is 14.4. The molecule has 3 rings (SSSR count). The van der Waals surface area contributed by atoms with Crippen LogP contribution in [0.15, 0.2) is 46.1 Å². The lowest BCUT2D eigenvalue weighted by atomic mass is 9.94. The summed E-state index contributed by atoms with van der Waals surface area (Å²) in [6.07, 6.45) is 0. The van der Waals surface area contributed by atoms with Gasteiger partial charge in [0.05, 0.1) is 30.4 Å². The number of allylic oxidation sites excluding steroid dienone is 1. The summed E-state index contributed by atoms with van der Waals surface area (Å²) in [5.41, 5.74) is 1.66. The molecule has 0 spiro atoms. The highest BCUT2D eigenvalue weighted by atomic mass is 16.5. The maximum absolute atomic E-state index is 12.7. The molecule has 26 heavy (non-hydrogen) atoms. The fourth-order valence-electron chi connectivity index (χ4n) is 2.89. The second-order valence-electron chi connectivity index (χ2n) is 5.74. The molecule has 1 N–H and O–H groups in total. The topological polar surface area (TPSA) is 108 Å². The van der Waals surface area contributed by atoms with Crippen molar-refractivity contribution in [3.63, 3.8) is 0 Å². The molecule has 1 aromatic heterocycles. The van der Waals surface area contributed by atoms with E-state index in [0.717, 1.165) is 0 Å². The van der Waals surface area contributed by atoms with Crippen molar-refractivity contribution in [1.29, 1.82) is 5.26 Å². The second kappa shape index (κ2) is 6.72. The Balaban J connectivity index is 2.14. The van der Waals surface area contributed by atoms with Gasteiger partial charge in [0.2, 0.25) is 0 Å². The van der Waals surface area contributed by atoms with Crippen LogP contribution in [0.4, 0.5) is 10.6 Å². The van der Waals surface area contributed by atoms with Gasteiger partial charge in [0.1, 0.15) is 5.76 Å². The van der Waals surface area contributed by atoms with Crippen molar-refractivity contribution in [3.05, 3.63) is 58.5 Å². The minimum Gasteiger partial charge on any atom is -0.466 e. The molecule has 1 aliphatic heterocycles. The monoisotopic (exact) mass is 352 g/mol. The Labute approximate surface area is 149 Å². The first kappa shape index (κ1) is 17.2. The van der Waals surface area contributed by atoms with E-state index in [1.165, 1.54) is 12.0 Å². The summed E-state index contributed by atoms with van der Waals surface area (Å²) in [6.45, 7) is 3.34. The highest BCUT2D eigenvalue weighted by Gasteiger charge is 2.38. The smallest absolute Gasteiger partial charge is 0.337 e. The van der Waals surface area contributed by atoms with Crippen LogP contribution in [-0.4, -0.2) is 24.3 Å². The minimum absolute atomic E-state index is 0.253. The van der Waals surface area contributed by atoms with E-state index in [1.54, 1.807) is 44.2 Å². The highest BCUT2D eigenvalue weighted by molar-refractivity contribution is 6.02. The van der Waals surface area contributed by atoms with Gasteiger partial charge in [-0.05, 0) is 31.5 Å². The summed E-state index contributed by atoms with van der Waals surface area (Å²) in [7, 11) is 1.27. The normalized spacial score (nSPS) is 16.9. The molecule has 0 bridgehead atoms. The largest absolute Gasteiger partial charge is 0.466 e. The van der Waals surface area contributed by atoms with Crippen LogP contribution in [0.25, 0.3) is 0 Å². The zero-order valence-corrected chi connectivity index (χ0v) is 14.4. The molecule has 1 atom stereocenters.